The van der Waals surface area contributed by atoms with Gasteiger partial charge in [-0.15, -0.1) is 0 Å². The van der Waals surface area contributed by atoms with Gasteiger partial charge in [-0.3, -0.25) is 0 Å². The predicted molar refractivity (Wildman–Crippen MR) is 104 cm³/mol. The molecule has 0 saturated carbocycles. The second-order valence-corrected chi connectivity index (χ2v) is 7.24. The van der Waals surface area contributed by atoms with Gasteiger partial charge in [0.1, 0.15) is 0 Å². The van der Waals surface area contributed by atoms with E-state index in [1.807, 2.05) is 21.7 Å². The van der Waals surface area contributed by atoms with Crippen molar-refractivity contribution in [3.05, 3.63) is 36.1 Å². The summed E-state index contributed by atoms with van der Waals surface area (Å²) in [6.45, 7) is 3.73. The lowest BCUT2D eigenvalue weighted by Gasteiger charge is -2.18. The van der Waals surface area contributed by atoms with Gasteiger partial charge in [-0.2, -0.15) is 0 Å². The molecule has 0 fully saturated rings. The average Bonchev–Trinajstić information content (AvgIpc) is 3.26. The van der Waals surface area contributed by atoms with Gasteiger partial charge in [0, 0.05) is 31.0 Å². The maximum absolute atomic E-state index is 10.6. The first-order chi connectivity index (χ1) is 12.7. The number of imidazole rings is 1. The third kappa shape index (κ3) is 4.14. The van der Waals surface area contributed by atoms with Crippen molar-refractivity contribution in [3.63, 3.8) is 0 Å². The Balaban J connectivity index is 1.85. The number of aryl methyl sites for hydroxylation is 1. The van der Waals surface area contributed by atoms with E-state index in [-0.39, 0.29) is 11.6 Å². The van der Waals surface area contributed by atoms with Crippen LogP contribution in [0, 0.1) is 0 Å². The summed E-state index contributed by atoms with van der Waals surface area (Å²) >= 11 is 0. The number of nitrogens with zero attached hydrogens (tertiary/aromatic N) is 3. The Kier molecular flexibility index (Phi) is 6.42. The monoisotopic (exact) mass is 357 g/mol. The molecule has 2 N–H and O–H groups in total. The molecule has 5 heteroatoms. The summed E-state index contributed by atoms with van der Waals surface area (Å²) < 4.78 is 3.98. The maximum Gasteiger partial charge on any atom is 0.235 e. The fourth-order valence-electron chi connectivity index (χ4n) is 3.90. The summed E-state index contributed by atoms with van der Waals surface area (Å²) in [5, 5.41) is 21.2. The second-order valence-electron chi connectivity index (χ2n) is 7.24. The minimum absolute atomic E-state index is 0.0311. The molecule has 5 nitrogen and oxygen atoms in total. The number of allylic oxidation sites excluding steroid dienone is 2. The fraction of sp³-hybridized carbons (Fsp3) is 0.571. The highest BCUT2D eigenvalue weighted by atomic mass is 16.3. The smallest absolute Gasteiger partial charge is 0.235 e. The van der Waals surface area contributed by atoms with Gasteiger partial charge in [-0.25, -0.2) is 4.98 Å². The van der Waals surface area contributed by atoms with Crippen molar-refractivity contribution in [1.82, 2.24) is 14.1 Å². The molecule has 0 unspecified atom stereocenters. The number of hydrogen-bond donors (Lipinski definition) is 2. The van der Waals surface area contributed by atoms with Gasteiger partial charge < -0.3 is 19.3 Å². The van der Waals surface area contributed by atoms with Crippen molar-refractivity contribution in [1.29, 1.82) is 0 Å². The van der Waals surface area contributed by atoms with Gasteiger partial charge in [-0.05, 0) is 50.5 Å². The molecule has 0 bridgehead atoms. The van der Waals surface area contributed by atoms with Gasteiger partial charge >= 0.3 is 0 Å². The summed E-state index contributed by atoms with van der Waals surface area (Å²) in [6.07, 6.45) is 17.4. The van der Waals surface area contributed by atoms with E-state index in [9.17, 15) is 10.2 Å². The van der Waals surface area contributed by atoms with Gasteiger partial charge in [-0.1, -0.05) is 25.8 Å². The standard InChI is InChI=1S/C21H31N3O2/c1-2-3-5-11-18-19(17-9-6-4-7-10-17)24(21(26)20(18)25)14-8-13-23-15-12-22-16-23/h9,12,15-16,25-26H,2-8,10-11,13-14H2,1H3. The first-order valence-corrected chi connectivity index (χ1v) is 10.0. The fourth-order valence-corrected chi connectivity index (χ4v) is 3.90. The highest BCUT2D eigenvalue weighted by Crippen LogP contribution is 2.42. The zero-order chi connectivity index (χ0) is 18.4. The first kappa shape index (κ1) is 18.6. The molecule has 0 atom stereocenters. The molecule has 2 aromatic rings. The number of aromatic hydroxyl groups is 2. The predicted octanol–water partition coefficient (Wildman–Crippen LogP) is 4.88. The molecule has 2 aromatic heterocycles. The number of unbranched alkanes of at least 4 members (excludes halogenated alkanes) is 2. The molecule has 0 spiro atoms. The van der Waals surface area contributed by atoms with Crippen LogP contribution in [0.15, 0.2) is 24.8 Å². The molecule has 1 aliphatic rings. The molecular formula is C21H31N3O2. The first-order valence-electron chi connectivity index (χ1n) is 10.0. The summed E-state index contributed by atoms with van der Waals surface area (Å²) in [4.78, 5) is 4.07. The zero-order valence-electron chi connectivity index (χ0n) is 15.8. The minimum atomic E-state index is 0.0311. The van der Waals surface area contributed by atoms with Gasteiger partial charge in [0.15, 0.2) is 5.75 Å². The number of hydrogen-bond acceptors (Lipinski definition) is 3. The molecule has 0 aliphatic heterocycles. The third-order valence-electron chi connectivity index (χ3n) is 5.29. The molecule has 1 aliphatic carbocycles. The van der Waals surface area contributed by atoms with Crippen molar-refractivity contribution in [2.75, 3.05) is 0 Å². The maximum atomic E-state index is 10.6. The van der Waals surface area contributed by atoms with Crippen molar-refractivity contribution in [2.24, 2.45) is 0 Å². The van der Waals surface area contributed by atoms with Crippen molar-refractivity contribution in [3.8, 4) is 11.6 Å². The quantitative estimate of drug-likeness (QED) is 0.629. The van der Waals surface area contributed by atoms with Crippen LogP contribution in [0.3, 0.4) is 0 Å². The molecule has 142 valence electrons. The molecule has 0 saturated heterocycles. The Morgan fingerprint density at radius 2 is 2.00 bits per heavy atom. The van der Waals surface area contributed by atoms with Crippen molar-refractivity contribution >= 4 is 5.57 Å². The van der Waals surface area contributed by atoms with Crippen molar-refractivity contribution in [2.45, 2.75) is 77.8 Å². The highest BCUT2D eigenvalue weighted by Gasteiger charge is 2.24. The molecule has 26 heavy (non-hydrogen) atoms. The van der Waals surface area contributed by atoms with Gasteiger partial charge in [0.2, 0.25) is 5.88 Å². The van der Waals surface area contributed by atoms with Crippen LogP contribution in [-0.2, 0) is 19.5 Å². The summed E-state index contributed by atoms with van der Waals surface area (Å²) in [5.74, 6) is 0.119. The third-order valence-corrected chi connectivity index (χ3v) is 5.29. The van der Waals surface area contributed by atoms with Gasteiger partial charge in [0.05, 0.1) is 12.0 Å². The number of rotatable bonds is 9. The Bertz CT molecular complexity index is 729. The van der Waals surface area contributed by atoms with E-state index >= 15 is 0 Å². The van der Waals surface area contributed by atoms with Crippen LogP contribution in [0.1, 0.15) is 69.5 Å². The van der Waals surface area contributed by atoms with Crippen LogP contribution < -0.4 is 0 Å². The Labute approximate surface area is 156 Å². The molecule has 0 amide bonds. The second kappa shape index (κ2) is 8.97. The van der Waals surface area contributed by atoms with Crippen molar-refractivity contribution < 1.29 is 10.2 Å². The summed E-state index contributed by atoms with van der Waals surface area (Å²) in [5.41, 5.74) is 3.30. The molecular weight excluding hydrogens is 326 g/mol. The normalized spacial score (nSPS) is 14.6. The lowest BCUT2D eigenvalue weighted by molar-refractivity contribution is 0.365. The van der Waals surface area contributed by atoms with Crippen LogP contribution in [0.25, 0.3) is 5.57 Å². The summed E-state index contributed by atoms with van der Waals surface area (Å²) in [7, 11) is 0. The lowest BCUT2D eigenvalue weighted by Crippen LogP contribution is -2.08. The summed E-state index contributed by atoms with van der Waals surface area (Å²) in [6, 6.07) is 0. The molecule has 0 aromatic carbocycles. The van der Waals surface area contributed by atoms with Gasteiger partial charge in [0.25, 0.3) is 0 Å². The molecule has 2 heterocycles. The van der Waals surface area contributed by atoms with E-state index in [1.165, 1.54) is 18.4 Å². The molecule has 0 radical (unpaired) electrons. The zero-order valence-corrected chi connectivity index (χ0v) is 15.8. The van der Waals surface area contributed by atoms with E-state index < -0.39 is 0 Å². The topological polar surface area (TPSA) is 63.2 Å². The highest BCUT2D eigenvalue weighted by molar-refractivity contribution is 5.71. The van der Waals surface area contributed by atoms with E-state index in [1.54, 1.807) is 6.20 Å². The van der Waals surface area contributed by atoms with E-state index in [0.717, 1.165) is 62.7 Å². The SMILES string of the molecule is CCCCCc1c(O)c(O)n(CCCn2ccnc2)c1C1=CCCCC1. The van der Waals surface area contributed by atoms with E-state index in [0.29, 0.717) is 6.54 Å². The average molecular weight is 357 g/mol. The van der Waals surface area contributed by atoms with Crippen LogP contribution in [0.4, 0.5) is 0 Å². The van der Waals surface area contributed by atoms with Crippen LogP contribution >= 0.6 is 0 Å². The van der Waals surface area contributed by atoms with Crippen LogP contribution in [-0.4, -0.2) is 24.3 Å². The molecule has 3 rings (SSSR count). The van der Waals surface area contributed by atoms with E-state index in [2.05, 4.69) is 18.0 Å². The van der Waals surface area contributed by atoms with E-state index in [4.69, 9.17) is 0 Å². The Morgan fingerprint density at radius 1 is 1.12 bits per heavy atom. The minimum Gasteiger partial charge on any atom is -0.503 e. The lowest BCUT2D eigenvalue weighted by atomic mass is 9.93. The largest absolute Gasteiger partial charge is 0.503 e. The Hall–Kier alpha value is -2.17. The van der Waals surface area contributed by atoms with Crippen LogP contribution in [0.5, 0.6) is 11.6 Å². The Morgan fingerprint density at radius 3 is 2.69 bits per heavy atom. The van der Waals surface area contributed by atoms with Crippen LogP contribution in [0.2, 0.25) is 0 Å². The number of aromatic nitrogens is 3.